The maximum Gasteiger partial charge on any atom is 0.227 e. The topological polar surface area (TPSA) is 66.9 Å². The van der Waals surface area contributed by atoms with E-state index in [2.05, 4.69) is 20.6 Å². The second-order valence-electron chi connectivity index (χ2n) is 5.82. The molecule has 1 aliphatic rings. The molecule has 6 heteroatoms. The van der Waals surface area contributed by atoms with Crippen molar-refractivity contribution < 1.29 is 9.18 Å². The third kappa shape index (κ3) is 2.90. The molecule has 1 fully saturated rings. The summed E-state index contributed by atoms with van der Waals surface area (Å²) in [4.78, 5) is 20.3. The first-order valence-electron chi connectivity index (χ1n) is 7.78. The van der Waals surface area contributed by atoms with Crippen molar-refractivity contribution in [2.24, 2.45) is 5.92 Å². The number of hydrogen-bond donors (Lipinski definition) is 2. The number of carbonyl (C=O) groups is 1. The van der Waals surface area contributed by atoms with Crippen molar-refractivity contribution in [2.75, 3.05) is 10.6 Å². The average Bonchev–Trinajstić information content (AvgIpc) is 3.43. The van der Waals surface area contributed by atoms with Crippen molar-refractivity contribution in [3.8, 4) is 0 Å². The molecule has 0 saturated heterocycles. The largest absolute Gasteiger partial charge is 0.340 e. The lowest BCUT2D eigenvalue weighted by Crippen LogP contribution is -2.14. The van der Waals surface area contributed by atoms with Gasteiger partial charge in [-0.1, -0.05) is 12.1 Å². The van der Waals surface area contributed by atoms with Gasteiger partial charge in [0.25, 0.3) is 0 Å². The van der Waals surface area contributed by atoms with Gasteiger partial charge < -0.3 is 10.6 Å². The van der Waals surface area contributed by atoms with Gasteiger partial charge in [0.15, 0.2) is 0 Å². The van der Waals surface area contributed by atoms with E-state index in [0.29, 0.717) is 11.5 Å². The van der Waals surface area contributed by atoms with Crippen LogP contribution in [0.1, 0.15) is 12.8 Å². The Hall–Kier alpha value is -3.02. The molecule has 0 aliphatic heterocycles. The van der Waals surface area contributed by atoms with E-state index in [4.69, 9.17) is 0 Å². The van der Waals surface area contributed by atoms with Gasteiger partial charge in [0.05, 0.1) is 11.2 Å². The van der Waals surface area contributed by atoms with Gasteiger partial charge in [0, 0.05) is 17.0 Å². The molecule has 5 nitrogen and oxygen atoms in total. The minimum absolute atomic E-state index is 0.0202. The monoisotopic (exact) mass is 322 g/mol. The Morgan fingerprint density at radius 2 is 1.96 bits per heavy atom. The maximum atomic E-state index is 13.9. The van der Waals surface area contributed by atoms with E-state index < -0.39 is 5.82 Å². The van der Waals surface area contributed by atoms with E-state index in [1.807, 2.05) is 24.3 Å². The van der Waals surface area contributed by atoms with Crippen molar-refractivity contribution in [1.82, 2.24) is 9.97 Å². The number of benzene rings is 2. The van der Waals surface area contributed by atoms with Gasteiger partial charge in [-0.3, -0.25) is 4.79 Å². The predicted molar refractivity (Wildman–Crippen MR) is 90.6 cm³/mol. The van der Waals surface area contributed by atoms with Crippen molar-refractivity contribution in [2.45, 2.75) is 12.8 Å². The predicted octanol–water partition coefficient (Wildman–Crippen LogP) is 3.86. The van der Waals surface area contributed by atoms with E-state index in [-0.39, 0.29) is 17.5 Å². The van der Waals surface area contributed by atoms with Crippen LogP contribution in [-0.2, 0) is 4.79 Å². The first-order valence-corrected chi connectivity index (χ1v) is 7.78. The molecule has 2 N–H and O–H groups in total. The van der Waals surface area contributed by atoms with Crippen LogP contribution in [0.5, 0.6) is 0 Å². The zero-order valence-corrected chi connectivity index (χ0v) is 12.8. The van der Waals surface area contributed by atoms with Crippen LogP contribution in [0.3, 0.4) is 0 Å². The maximum absolute atomic E-state index is 13.9. The van der Waals surface area contributed by atoms with Crippen molar-refractivity contribution in [3.05, 3.63) is 54.6 Å². The summed E-state index contributed by atoms with van der Waals surface area (Å²) in [5.74, 6) is 0.0686. The van der Waals surface area contributed by atoms with Crippen LogP contribution in [0.25, 0.3) is 10.9 Å². The Bertz CT molecular complexity index is 919. The standard InChI is InChI=1S/C18H15FN4O/c19-14-8-7-12(9-16(14)23-18(24)11-5-6-11)22-17-13-3-1-2-4-15(13)20-10-21-17/h1-4,7-11H,5-6H2,(H,23,24)(H,20,21,22). The Morgan fingerprint density at radius 3 is 2.79 bits per heavy atom. The van der Waals surface area contributed by atoms with Crippen molar-refractivity contribution >= 4 is 34.0 Å². The number of carbonyl (C=O) groups excluding carboxylic acids is 1. The number of nitrogens with zero attached hydrogens (tertiary/aromatic N) is 2. The summed E-state index contributed by atoms with van der Waals surface area (Å²) in [6, 6.07) is 12.1. The Labute approximate surface area is 137 Å². The molecular weight excluding hydrogens is 307 g/mol. The van der Waals surface area contributed by atoms with E-state index in [0.717, 1.165) is 23.7 Å². The second-order valence-corrected chi connectivity index (χ2v) is 5.82. The first kappa shape index (κ1) is 14.6. The molecule has 0 bridgehead atoms. The van der Waals surface area contributed by atoms with Gasteiger partial charge in [0.1, 0.15) is 18.0 Å². The molecule has 3 aromatic rings. The number of fused-ring (bicyclic) bond motifs is 1. The van der Waals surface area contributed by atoms with Gasteiger partial charge in [0.2, 0.25) is 5.91 Å². The summed E-state index contributed by atoms with van der Waals surface area (Å²) in [6.07, 6.45) is 3.22. The number of halogens is 1. The van der Waals surface area contributed by atoms with E-state index in [1.165, 1.54) is 12.4 Å². The molecule has 2 aromatic carbocycles. The number of anilines is 3. The van der Waals surface area contributed by atoms with Crippen LogP contribution in [0.15, 0.2) is 48.8 Å². The third-order valence-corrected chi connectivity index (χ3v) is 3.98. The molecule has 0 spiro atoms. The summed E-state index contributed by atoms with van der Waals surface area (Å²) >= 11 is 0. The summed E-state index contributed by atoms with van der Waals surface area (Å²) in [5.41, 5.74) is 1.64. The molecular formula is C18H15FN4O. The highest BCUT2D eigenvalue weighted by atomic mass is 19.1. The fraction of sp³-hybridized carbons (Fsp3) is 0.167. The average molecular weight is 322 g/mol. The van der Waals surface area contributed by atoms with Gasteiger partial charge in [-0.15, -0.1) is 0 Å². The number of rotatable bonds is 4. The lowest BCUT2D eigenvalue weighted by atomic mass is 10.2. The molecule has 0 unspecified atom stereocenters. The van der Waals surface area contributed by atoms with Gasteiger partial charge in [-0.05, 0) is 43.2 Å². The highest BCUT2D eigenvalue weighted by Crippen LogP contribution is 2.31. The Kier molecular flexibility index (Phi) is 3.57. The third-order valence-electron chi connectivity index (χ3n) is 3.98. The van der Waals surface area contributed by atoms with E-state index >= 15 is 0 Å². The normalized spacial score (nSPS) is 13.7. The number of para-hydroxylation sites is 1. The first-order chi connectivity index (χ1) is 11.7. The summed E-state index contributed by atoms with van der Waals surface area (Å²) in [5, 5.41) is 6.68. The van der Waals surface area contributed by atoms with Crippen LogP contribution >= 0.6 is 0 Å². The van der Waals surface area contributed by atoms with Gasteiger partial charge >= 0.3 is 0 Å². The van der Waals surface area contributed by atoms with Crippen molar-refractivity contribution in [1.29, 1.82) is 0 Å². The van der Waals surface area contributed by atoms with E-state index in [1.54, 1.807) is 12.1 Å². The molecule has 120 valence electrons. The van der Waals surface area contributed by atoms with Gasteiger partial charge in [-0.2, -0.15) is 0 Å². The van der Waals surface area contributed by atoms with Crippen LogP contribution in [0.4, 0.5) is 21.6 Å². The molecule has 0 radical (unpaired) electrons. The zero-order valence-electron chi connectivity index (χ0n) is 12.8. The quantitative estimate of drug-likeness (QED) is 0.765. The molecule has 0 atom stereocenters. The lowest BCUT2D eigenvalue weighted by molar-refractivity contribution is -0.117. The lowest BCUT2D eigenvalue weighted by Gasteiger charge is -2.11. The minimum atomic E-state index is -0.456. The molecule has 1 saturated carbocycles. The molecule has 1 aliphatic carbocycles. The molecule has 1 amide bonds. The number of amides is 1. The van der Waals surface area contributed by atoms with Crippen molar-refractivity contribution in [3.63, 3.8) is 0 Å². The van der Waals surface area contributed by atoms with Crippen LogP contribution in [0, 0.1) is 11.7 Å². The summed E-state index contributed by atoms with van der Waals surface area (Å²) in [7, 11) is 0. The number of hydrogen-bond acceptors (Lipinski definition) is 4. The second kappa shape index (κ2) is 5.88. The van der Waals surface area contributed by atoms with Crippen LogP contribution in [-0.4, -0.2) is 15.9 Å². The highest BCUT2D eigenvalue weighted by molar-refractivity contribution is 5.95. The SMILES string of the molecule is O=C(Nc1cc(Nc2ncnc3ccccc23)ccc1F)C1CC1. The Morgan fingerprint density at radius 1 is 1.12 bits per heavy atom. The fourth-order valence-electron chi connectivity index (χ4n) is 2.52. The Balaban J connectivity index is 1.63. The molecule has 4 rings (SSSR count). The number of aromatic nitrogens is 2. The molecule has 1 heterocycles. The smallest absolute Gasteiger partial charge is 0.227 e. The highest BCUT2D eigenvalue weighted by Gasteiger charge is 2.30. The van der Waals surface area contributed by atoms with Crippen LogP contribution < -0.4 is 10.6 Å². The van der Waals surface area contributed by atoms with Gasteiger partial charge in [-0.25, -0.2) is 14.4 Å². The zero-order chi connectivity index (χ0) is 16.5. The fourth-order valence-corrected chi connectivity index (χ4v) is 2.52. The summed E-state index contributed by atoms with van der Waals surface area (Å²) in [6.45, 7) is 0. The number of nitrogens with one attached hydrogen (secondary N) is 2. The summed E-state index contributed by atoms with van der Waals surface area (Å²) < 4.78 is 13.9. The molecule has 24 heavy (non-hydrogen) atoms. The van der Waals surface area contributed by atoms with Crippen LogP contribution in [0.2, 0.25) is 0 Å². The van der Waals surface area contributed by atoms with E-state index in [9.17, 15) is 9.18 Å². The molecule has 1 aromatic heterocycles. The minimum Gasteiger partial charge on any atom is -0.340 e.